The lowest BCUT2D eigenvalue weighted by Gasteiger charge is -2.26. The average molecular weight is 447 g/mol. The summed E-state index contributed by atoms with van der Waals surface area (Å²) in [6.07, 6.45) is 8.22. The van der Waals surface area contributed by atoms with Gasteiger partial charge in [0.15, 0.2) is 5.60 Å². The molecule has 25 heavy (non-hydrogen) atoms. The second kappa shape index (κ2) is 5.69. The van der Waals surface area contributed by atoms with Gasteiger partial charge in [0.1, 0.15) is 11.9 Å². The second-order valence-electron chi connectivity index (χ2n) is 7.58. The van der Waals surface area contributed by atoms with Crippen molar-refractivity contribution in [1.82, 2.24) is 9.55 Å². The zero-order chi connectivity index (χ0) is 17.8. The van der Waals surface area contributed by atoms with Crippen molar-refractivity contribution in [2.24, 2.45) is 4.99 Å². The summed E-state index contributed by atoms with van der Waals surface area (Å²) in [4.78, 5) is 9.53. The Bertz CT molecular complexity index is 932. The van der Waals surface area contributed by atoms with Crippen LogP contribution in [0.25, 0.3) is 11.0 Å². The maximum Gasteiger partial charge on any atom is 0.217 e. The number of aryl methyl sites for hydroxylation is 1. The summed E-state index contributed by atoms with van der Waals surface area (Å²) in [5.74, 6) is 1.74. The molecule has 2 heterocycles. The number of rotatable bonds is 3. The van der Waals surface area contributed by atoms with Crippen molar-refractivity contribution >= 4 is 39.5 Å². The van der Waals surface area contributed by atoms with Crippen LogP contribution in [0.3, 0.4) is 0 Å². The predicted molar refractivity (Wildman–Crippen MR) is 111 cm³/mol. The van der Waals surface area contributed by atoms with Gasteiger partial charge >= 0.3 is 0 Å². The van der Waals surface area contributed by atoms with Crippen molar-refractivity contribution in [3.05, 3.63) is 53.9 Å². The number of imidazole rings is 1. The fourth-order valence-corrected chi connectivity index (χ4v) is 3.77. The second-order valence-corrected chi connectivity index (χ2v) is 10.5. The lowest BCUT2D eigenvalue weighted by atomic mass is 9.93. The van der Waals surface area contributed by atoms with E-state index in [1.165, 1.54) is 0 Å². The maximum atomic E-state index is 6.18. The lowest BCUT2D eigenvalue weighted by Crippen LogP contribution is -2.34. The number of halogens is 1. The van der Waals surface area contributed by atoms with E-state index in [1.807, 2.05) is 12.2 Å². The molecule has 0 saturated carbocycles. The van der Waals surface area contributed by atoms with E-state index in [-0.39, 0.29) is 15.1 Å². The highest BCUT2D eigenvalue weighted by Crippen LogP contribution is 2.33. The van der Waals surface area contributed by atoms with Gasteiger partial charge < -0.3 is 9.30 Å². The van der Waals surface area contributed by atoms with Crippen LogP contribution in [0.2, 0.25) is 0 Å². The monoisotopic (exact) mass is 447 g/mol. The van der Waals surface area contributed by atoms with E-state index in [0.717, 1.165) is 29.0 Å². The third-order valence-electron chi connectivity index (χ3n) is 4.71. The van der Waals surface area contributed by atoms with Gasteiger partial charge in [0.05, 0.1) is 11.0 Å². The molecule has 0 radical (unpaired) electrons. The normalized spacial score (nSPS) is 25.2. The molecule has 1 aromatic carbocycles. The first-order valence-corrected chi connectivity index (χ1v) is 9.62. The van der Waals surface area contributed by atoms with Crippen LogP contribution >= 0.6 is 22.6 Å². The number of allylic oxidation sites excluding steroid dienone is 2. The molecular formula is C20H22IN3O. The number of benzene rings is 1. The molecule has 4 nitrogen and oxygen atoms in total. The topological polar surface area (TPSA) is 39.4 Å². The van der Waals surface area contributed by atoms with Gasteiger partial charge in [0, 0.05) is 15.5 Å². The summed E-state index contributed by atoms with van der Waals surface area (Å²) in [5.41, 5.74) is 2.77. The van der Waals surface area contributed by atoms with Gasteiger partial charge in [-0.15, -0.1) is 0 Å². The van der Waals surface area contributed by atoms with Crippen molar-refractivity contribution in [3.63, 3.8) is 0 Å². The molecule has 0 saturated heterocycles. The molecule has 2 aromatic rings. The molecule has 2 aliphatic rings. The first-order valence-electron chi connectivity index (χ1n) is 8.54. The Kier molecular flexibility index (Phi) is 3.83. The maximum absolute atomic E-state index is 6.18. The Morgan fingerprint density at radius 3 is 2.84 bits per heavy atom. The number of aliphatic imine (C=N–C) groups is 1. The van der Waals surface area contributed by atoms with Crippen molar-refractivity contribution in [2.45, 2.75) is 49.3 Å². The number of fused-ring (bicyclic) bond motifs is 2. The van der Waals surface area contributed by atoms with Crippen LogP contribution in [0.15, 0.2) is 47.5 Å². The minimum absolute atomic E-state index is 0.0438. The third-order valence-corrected chi connectivity index (χ3v) is 5.05. The molecule has 0 fully saturated rings. The minimum atomic E-state index is -0.375. The van der Waals surface area contributed by atoms with Crippen LogP contribution in [0.4, 0.5) is 0 Å². The number of ether oxygens (including phenoxy) is 1. The standard InChI is InChI=1S/C20H22IN3O/c1-13-22-15-11-14(8-9-16(15)24(13)12-19(2,3)21)18-23-17-7-5-6-10-20(17,4)25-18/h5-11,17H,12H2,1-4H3/t17?,20-/m1/s1. The first-order chi connectivity index (χ1) is 11.8. The fourth-order valence-electron chi connectivity index (χ4n) is 3.42. The van der Waals surface area contributed by atoms with Crippen LogP contribution in [0.5, 0.6) is 0 Å². The lowest BCUT2D eigenvalue weighted by molar-refractivity contribution is 0.142. The van der Waals surface area contributed by atoms with Crippen LogP contribution in [-0.2, 0) is 11.3 Å². The Morgan fingerprint density at radius 2 is 2.12 bits per heavy atom. The molecule has 1 aromatic heterocycles. The van der Waals surface area contributed by atoms with Crippen LogP contribution in [0.1, 0.15) is 32.2 Å². The number of aromatic nitrogens is 2. The number of nitrogens with zero attached hydrogens (tertiary/aromatic N) is 3. The third kappa shape index (κ3) is 3.03. The SMILES string of the molecule is Cc1nc2cc(C3=NC4C=CC=C[C@@]4(C)O3)ccc2n1CC(C)(C)I. The van der Waals surface area contributed by atoms with Crippen molar-refractivity contribution in [3.8, 4) is 0 Å². The van der Waals surface area contributed by atoms with Gasteiger partial charge in [-0.25, -0.2) is 9.98 Å². The molecule has 1 unspecified atom stereocenters. The van der Waals surface area contributed by atoms with E-state index in [4.69, 9.17) is 14.7 Å². The molecule has 0 spiro atoms. The van der Waals surface area contributed by atoms with E-state index in [9.17, 15) is 0 Å². The smallest absolute Gasteiger partial charge is 0.217 e. The summed E-state index contributed by atoms with van der Waals surface area (Å²) < 4.78 is 8.65. The number of hydrogen-bond acceptors (Lipinski definition) is 3. The van der Waals surface area contributed by atoms with Gasteiger partial charge in [-0.1, -0.05) is 40.8 Å². The molecule has 0 bridgehead atoms. The van der Waals surface area contributed by atoms with Crippen LogP contribution in [0, 0.1) is 6.92 Å². The molecule has 0 N–H and O–H groups in total. The summed E-state index contributed by atoms with van der Waals surface area (Å²) in [5, 5.41) is 0. The van der Waals surface area contributed by atoms with Crippen molar-refractivity contribution < 1.29 is 4.74 Å². The Hall–Kier alpha value is -1.63. The van der Waals surface area contributed by atoms with Crippen molar-refractivity contribution in [2.75, 3.05) is 0 Å². The minimum Gasteiger partial charge on any atom is -0.464 e. The highest BCUT2D eigenvalue weighted by atomic mass is 127. The van der Waals surface area contributed by atoms with Gasteiger partial charge in [-0.05, 0) is 52.0 Å². The van der Waals surface area contributed by atoms with Gasteiger partial charge in [0.25, 0.3) is 0 Å². The number of alkyl halides is 1. The largest absolute Gasteiger partial charge is 0.464 e. The molecule has 130 valence electrons. The van der Waals surface area contributed by atoms with E-state index < -0.39 is 0 Å². The van der Waals surface area contributed by atoms with E-state index in [1.54, 1.807) is 0 Å². The van der Waals surface area contributed by atoms with E-state index in [0.29, 0.717) is 5.90 Å². The van der Waals surface area contributed by atoms with E-state index in [2.05, 4.69) is 85.2 Å². The summed E-state index contributed by atoms with van der Waals surface area (Å²) >= 11 is 2.48. The summed E-state index contributed by atoms with van der Waals surface area (Å²) in [6, 6.07) is 6.36. The predicted octanol–water partition coefficient (Wildman–Crippen LogP) is 4.59. The Morgan fingerprint density at radius 1 is 1.32 bits per heavy atom. The molecular weight excluding hydrogens is 425 g/mol. The van der Waals surface area contributed by atoms with E-state index >= 15 is 0 Å². The molecule has 1 aliphatic carbocycles. The first kappa shape index (κ1) is 16.8. The van der Waals surface area contributed by atoms with Crippen LogP contribution < -0.4 is 0 Å². The number of hydrogen-bond donors (Lipinski definition) is 0. The molecule has 4 rings (SSSR count). The van der Waals surface area contributed by atoms with Crippen LogP contribution in [-0.4, -0.2) is 30.5 Å². The summed E-state index contributed by atoms with van der Waals surface area (Å²) in [7, 11) is 0. The Balaban J connectivity index is 1.72. The van der Waals surface area contributed by atoms with Gasteiger partial charge in [-0.3, -0.25) is 0 Å². The fraction of sp³-hybridized carbons (Fsp3) is 0.400. The van der Waals surface area contributed by atoms with Crippen molar-refractivity contribution in [1.29, 1.82) is 0 Å². The quantitative estimate of drug-likeness (QED) is 0.510. The Labute approximate surface area is 161 Å². The molecule has 1 aliphatic heterocycles. The highest BCUT2D eigenvalue weighted by Gasteiger charge is 2.40. The molecule has 5 heteroatoms. The zero-order valence-corrected chi connectivity index (χ0v) is 17.1. The molecule has 0 amide bonds. The highest BCUT2D eigenvalue weighted by molar-refractivity contribution is 14.1. The summed E-state index contributed by atoms with van der Waals surface area (Å²) in [6.45, 7) is 9.54. The average Bonchev–Trinajstić information content (AvgIpc) is 3.03. The van der Waals surface area contributed by atoms with Gasteiger partial charge in [-0.2, -0.15) is 0 Å². The molecule has 2 atom stereocenters. The zero-order valence-electron chi connectivity index (χ0n) is 15.0. The van der Waals surface area contributed by atoms with Gasteiger partial charge in [0.2, 0.25) is 5.90 Å².